The number of carbonyl (C=O) groups is 1. The van der Waals surface area contributed by atoms with Gasteiger partial charge >= 0.3 is 6.61 Å². The van der Waals surface area contributed by atoms with Crippen molar-refractivity contribution in [2.75, 3.05) is 5.32 Å². The van der Waals surface area contributed by atoms with Crippen molar-refractivity contribution in [3.63, 3.8) is 0 Å². The number of amides is 1. The average Bonchev–Trinajstić information content (AvgIpc) is 3.28. The summed E-state index contributed by atoms with van der Waals surface area (Å²) in [6, 6.07) is 5.99. The van der Waals surface area contributed by atoms with Crippen LogP contribution in [0, 0.1) is 0 Å². The van der Waals surface area contributed by atoms with Gasteiger partial charge in [0.25, 0.3) is 18.8 Å². The van der Waals surface area contributed by atoms with E-state index in [1.807, 2.05) is 0 Å². The molecule has 1 amide bonds. The van der Waals surface area contributed by atoms with E-state index in [0.717, 1.165) is 12.1 Å². The van der Waals surface area contributed by atoms with Gasteiger partial charge in [-0.25, -0.2) is 17.6 Å². The minimum Gasteiger partial charge on any atom is -0.454 e. The molecule has 6 nitrogen and oxygen atoms in total. The molecule has 14 heteroatoms. The van der Waals surface area contributed by atoms with Gasteiger partial charge in [0.2, 0.25) is 0 Å². The molecule has 0 spiro atoms. The predicted molar refractivity (Wildman–Crippen MR) is 101 cm³/mol. The van der Waals surface area contributed by atoms with Crippen LogP contribution in [-0.4, -0.2) is 22.3 Å². The van der Waals surface area contributed by atoms with Gasteiger partial charge in [-0.15, -0.1) is 0 Å². The molecule has 0 fully saturated rings. The van der Waals surface area contributed by atoms with Crippen LogP contribution >= 0.6 is 23.2 Å². The monoisotopic (exact) mass is 501 g/mol. The third-order valence-electron chi connectivity index (χ3n) is 3.97. The first-order valence-corrected chi connectivity index (χ1v) is 9.29. The van der Waals surface area contributed by atoms with Crippen molar-refractivity contribution < 1.29 is 40.3 Å². The number of carbonyl (C=O) groups excluding carboxylic acids is 1. The van der Waals surface area contributed by atoms with Crippen LogP contribution in [0.5, 0.6) is 5.75 Å². The molecule has 1 aromatic carbocycles. The Morgan fingerprint density at radius 1 is 1.09 bits per heavy atom. The van der Waals surface area contributed by atoms with Gasteiger partial charge in [-0.2, -0.15) is 13.9 Å². The maximum absolute atomic E-state index is 13.2. The van der Waals surface area contributed by atoms with Crippen LogP contribution in [-0.2, 0) is 6.54 Å². The van der Waals surface area contributed by atoms with Gasteiger partial charge in [-0.05, 0) is 30.3 Å². The number of benzene rings is 1. The Bertz CT molecular complexity index is 1120. The number of nitrogens with zero attached hydrogens (tertiary/aromatic N) is 2. The summed E-state index contributed by atoms with van der Waals surface area (Å²) in [4.78, 5) is 12.3. The summed E-state index contributed by atoms with van der Waals surface area (Å²) < 4.78 is 86.9. The van der Waals surface area contributed by atoms with Crippen LogP contribution in [0.15, 0.2) is 34.7 Å². The Kier molecular flexibility index (Phi) is 7.24. The standard InChI is InChI=1S/C18H11Cl2F6N3O3/c19-9-5-7(1-3-10(9)32-18(25)26)27-17(30)11-4-2-8(31-11)6-29-14(16(23)24)12(20)13(28-29)15(21)22/h1-5,15-16,18H,6H2,(H,27,30). The smallest absolute Gasteiger partial charge is 0.387 e. The molecule has 2 aromatic heterocycles. The van der Waals surface area contributed by atoms with Gasteiger partial charge in [0.15, 0.2) is 5.76 Å². The first-order valence-electron chi connectivity index (χ1n) is 8.53. The number of hydrogen-bond donors (Lipinski definition) is 1. The number of aromatic nitrogens is 2. The predicted octanol–water partition coefficient (Wildman–Crippen LogP) is 6.56. The van der Waals surface area contributed by atoms with Crippen molar-refractivity contribution in [3.05, 3.63) is 63.3 Å². The van der Waals surface area contributed by atoms with Gasteiger partial charge < -0.3 is 14.5 Å². The van der Waals surface area contributed by atoms with Crippen molar-refractivity contribution in [1.29, 1.82) is 0 Å². The van der Waals surface area contributed by atoms with Crippen LogP contribution < -0.4 is 10.1 Å². The lowest BCUT2D eigenvalue weighted by atomic mass is 10.3. The Morgan fingerprint density at radius 3 is 2.41 bits per heavy atom. The number of halogens is 8. The largest absolute Gasteiger partial charge is 0.454 e. The van der Waals surface area contributed by atoms with Crippen LogP contribution in [0.4, 0.5) is 32.0 Å². The molecule has 3 aromatic rings. The van der Waals surface area contributed by atoms with E-state index in [1.54, 1.807) is 0 Å². The molecule has 0 bridgehead atoms. The summed E-state index contributed by atoms with van der Waals surface area (Å²) in [6.45, 7) is -3.58. The fourth-order valence-corrected chi connectivity index (χ4v) is 3.16. The fourth-order valence-electron chi connectivity index (χ4n) is 2.64. The van der Waals surface area contributed by atoms with Gasteiger partial charge in [0, 0.05) is 5.69 Å². The molecule has 3 rings (SSSR count). The highest BCUT2D eigenvalue weighted by Crippen LogP contribution is 2.35. The summed E-state index contributed by atoms with van der Waals surface area (Å²) in [7, 11) is 0. The van der Waals surface area contributed by atoms with Gasteiger partial charge in [0.05, 0.1) is 16.6 Å². The number of alkyl halides is 6. The molecule has 0 aliphatic carbocycles. The minimum atomic E-state index is -3.18. The van der Waals surface area contributed by atoms with E-state index in [9.17, 15) is 31.1 Å². The summed E-state index contributed by atoms with van der Waals surface area (Å²) in [5.41, 5.74) is -1.78. The molecular weight excluding hydrogens is 491 g/mol. The summed E-state index contributed by atoms with van der Waals surface area (Å²) in [6.07, 6.45) is -6.34. The molecule has 0 unspecified atom stereocenters. The Labute approximate surface area is 185 Å². The lowest BCUT2D eigenvalue weighted by molar-refractivity contribution is -0.0497. The van der Waals surface area contributed by atoms with Crippen molar-refractivity contribution >= 4 is 34.8 Å². The normalized spacial score (nSPS) is 11.6. The second kappa shape index (κ2) is 9.74. The van der Waals surface area contributed by atoms with E-state index in [0.29, 0.717) is 4.68 Å². The molecule has 0 atom stereocenters. The highest BCUT2D eigenvalue weighted by Gasteiger charge is 2.28. The molecule has 0 aliphatic heterocycles. The quantitative estimate of drug-likeness (QED) is 0.355. The molecule has 0 saturated carbocycles. The summed E-state index contributed by atoms with van der Waals surface area (Å²) >= 11 is 11.4. The summed E-state index contributed by atoms with van der Waals surface area (Å²) in [5.74, 6) is -1.38. The lowest BCUT2D eigenvalue weighted by Gasteiger charge is -2.09. The van der Waals surface area contributed by atoms with Crippen molar-refractivity contribution in [2.45, 2.75) is 26.0 Å². The van der Waals surface area contributed by atoms with Crippen LogP contribution in [0.2, 0.25) is 10.0 Å². The number of hydrogen-bond acceptors (Lipinski definition) is 4. The Hall–Kier alpha value is -2.86. The Morgan fingerprint density at radius 2 is 1.81 bits per heavy atom. The molecule has 172 valence electrons. The number of anilines is 1. The Balaban J connectivity index is 1.74. The number of ether oxygens (including phenoxy) is 1. The average molecular weight is 502 g/mol. The minimum absolute atomic E-state index is 0.0456. The van der Waals surface area contributed by atoms with Crippen LogP contribution in [0.25, 0.3) is 0 Å². The zero-order valence-electron chi connectivity index (χ0n) is 15.5. The molecule has 0 aliphatic rings. The number of furan rings is 1. The molecule has 0 radical (unpaired) electrons. The third kappa shape index (κ3) is 5.30. The maximum atomic E-state index is 13.2. The second-order valence-corrected chi connectivity index (χ2v) is 6.87. The van der Waals surface area contributed by atoms with E-state index in [1.165, 1.54) is 18.2 Å². The second-order valence-electron chi connectivity index (χ2n) is 6.09. The van der Waals surface area contributed by atoms with E-state index in [4.69, 9.17) is 27.6 Å². The fraction of sp³-hybridized carbons (Fsp3) is 0.222. The first-order chi connectivity index (χ1) is 15.1. The number of nitrogens with one attached hydrogen (secondary N) is 1. The first kappa shape index (κ1) is 23.8. The molecule has 32 heavy (non-hydrogen) atoms. The molecule has 1 N–H and O–H groups in total. The van der Waals surface area contributed by atoms with Crippen LogP contribution in [0.3, 0.4) is 0 Å². The number of rotatable bonds is 8. The van der Waals surface area contributed by atoms with E-state index >= 15 is 0 Å². The highest BCUT2D eigenvalue weighted by atomic mass is 35.5. The van der Waals surface area contributed by atoms with Crippen molar-refractivity contribution in [1.82, 2.24) is 9.78 Å². The van der Waals surface area contributed by atoms with Gasteiger partial charge in [-0.1, -0.05) is 23.2 Å². The zero-order valence-corrected chi connectivity index (χ0v) is 17.0. The highest BCUT2D eigenvalue weighted by molar-refractivity contribution is 6.32. The molecule has 0 saturated heterocycles. The molecule has 2 heterocycles. The zero-order chi connectivity index (χ0) is 23.6. The molecular formula is C18H11Cl2F6N3O3. The van der Waals surface area contributed by atoms with E-state index in [-0.39, 0.29) is 28.0 Å². The van der Waals surface area contributed by atoms with Crippen molar-refractivity contribution in [2.24, 2.45) is 0 Å². The van der Waals surface area contributed by atoms with Gasteiger partial charge in [0.1, 0.15) is 22.9 Å². The van der Waals surface area contributed by atoms with E-state index in [2.05, 4.69) is 15.2 Å². The summed E-state index contributed by atoms with van der Waals surface area (Å²) in [5, 5.41) is 4.75. The van der Waals surface area contributed by atoms with E-state index < -0.39 is 48.3 Å². The SMILES string of the molecule is O=C(Nc1ccc(OC(F)F)c(Cl)c1)c1ccc(Cn2nc(C(F)F)c(Cl)c2C(F)F)o1. The van der Waals surface area contributed by atoms with Crippen molar-refractivity contribution in [3.8, 4) is 5.75 Å². The van der Waals surface area contributed by atoms with Gasteiger partial charge in [-0.3, -0.25) is 9.48 Å². The maximum Gasteiger partial charge on any atom is 0.387 e. The topological polar surface area (TPSA) is 69.3 Å². The third-order valence-corrected chi connectivity index (χ3v) is 4.65. The van der Waals surface area contributed by atoms with Crippen LogP contribution in [0.1, 0.15) is 40.6 Å². The lowest BCUT2D eigenvalue weighted by Crippen LogP contribution is -2.11.